The Labute approximate surface area is 84.3 Å². The molecule has 0 heterocycles. The van der Waals surface area contributed by atoms with Gasteiger partial charge in [0, 0.05) is 7.26 Å². The zero-order valence-electron chi connectivity index (χ0n) is 7.51. The first-order valence-electron chi connectivity index (χ1n) is 3.58. The van der Waals surface area contributed by atoms with Crippen molar-refractivity contribution in [3.05, 3.63) is 30.1 Å². The monoisotopic (exact) mass is 250 g/mol. The topological polar surface area (TPSA) is 0 Å². The molecule has 0 atom stereocenters. The molecule has 1 aromatic carbocycles. The predicted molar refractivity (Wildman–Crippen MR) is 50.7 cm³/mol. The van der Waals surface area contributed by atoms with Crippen LogP contribution in [0.25, 0.3) is 0 Å². The Morgan fingerprint density at radius 3 is 1.92 bits per heavy atom. The fourth-order valence-corrected chi connectivity index (χ4v) is 2.24. The molecular formula is C9H13BrFP. The highest BCUT2D eigenvalue weighted by molar-refractivity contribution is 7.80. The summed E-state index contributed by atoms with van der Waals surface area (Å²) in [5.41, 5.74) is 0. The summed E-state index contributed by atoms with van der Waals surface area (Å²) in [6.07, 6.45) is 0. The highest BCUT2D eigenvalue weighted by Crippen LogP contribution is 2.45. The number of hydrogen-bond acceptors (Lipinski definition) is 0. The standard InChI is InChI=1S/C9H13FP.BrH/c1-11(2,3)9-7-5-4-6-8(9)10;/h4-7H,1-3H3;1H/q+1;/p-1. The van der Waals surface area contributed by atoms with Gasteiger partial charge in [-0.15, -0.1) is 0 Å². The minimum absolute atomic E-state index is 0. The molecule has 0 aliphatic rings. The van der Waals surface area contributed by atoms with Crippen LogP contribution in [0.15, 0.2) is 24.3 Å². The van der Waals surface area contributed by atoms with Crippen molar-refractivity contribution in [1.29, 1.82) is 0 Å². The van der Waals surface area contributed by atoms with Gasteiger partial charge >= 0.3 is 0 Å². The molecule has 0 aliphatic heterocycles. The van der Waals surface area contributed by atoms with Gasteiger partial charge in [-0.05, 0) is 12.1 Å². The van der Waals surface area contributed by atoms with E-state index in [-0.39, 0.29) is 22.8 Å². The third kappa shape index (κ3) is 2.84. The van der Waals surface area contributed by atoms with Gasteiger partial charge in [-0.1, -0.05) is 12.1 Å². The lowest BCUT2D eigenvalue weighted by Crippen LogP contribution is -3.00. The van der Waals surface area contributed by atoms with E-state index in [1.165, 1.54) is 6.07 Å². The maximum atomic E-state index is 13.1. The van der Waals surface area contributed by atoms with Gasteiger partial charge in [0.1, 0.15) is 5.30 Å². The second-order valence-electron chi connectivity index (χ2n) is 3.46. The summed E-state index contributed by atoms with van der Waals surface area (Å²) < 4.78 is 13.1. The largest absolute Gasteiger partial charge is 1.00 e. The zero-order chi connectivity index (χ0) is 8.48. The Morgan fingerprint density at radius 2 is 1.58 bits per heavy atom. The van der Waals surface area contributed by atoms with E-state index in [1.54, 1.807) is 6.07 Å². The predicted octanol–water partition coefficient (Wildman–Crippen LogP) is -0.638. The molecule has 12 heavy (non-hydrogen) atoms. The summed E-state index contributed by atoms with van der Waals surface area (Å²) in [5, 5.41) is 0.889. The third-order valence-corrected chi connectivity index (χ3v) is 3.38. The molecule has 0 unspecified atom stereocenters. The molecule has 0 saturated carbocycles. The first-order chi connectivity index (χ1) is 5.02. The maximum absolute atomic E-state index is 13.1. The van der Waals surface area contributed by atoms with Crippen LogP contribution < -0.4 is 22.3 Å². The number of benzene rings is 1. The van der Waals surface area contributed by atoms with Gasteiger partial charge in [0.2, 0.25) is 0 Å². The smallest absolute Gasteiger partial charge is 0.165 e. The van der Waals surface area contributed by atoms with Gasteiger partial charge in [0.15, 0.2) is 5.82 Å². The molecule has 0 aromatic heterocycles. The average Bonchev–Trinajstić information content (AvgIpc) is 1.86. The lowest BCUT2D eigenvalue weighted by atomic mass is 10.3. The fraction of sp³-hybridized carbons (Fsp3) is 0.333. The molecule has 0 spiro atoms. The lowest BCUT2D eigenvalue weighted by Gasteiger charge is -2.11. The Balaban J connectivity index is 0.00000121. The van der Waals surface area contributed by atoms with Crippen molar-refractivity contribution >= 4 is 12.6 Å². The lowest BCUT2D eigenvalue weighted by molar-refractivity contribution is -0.00000309. The first kappa shape index (κ1) is 12.1. The van der Waals surface area contributed by atoms with Crippen LogP contribution in [0, 0.1) is 5.82 Å². The van der Waals surface area contributed by atoms with E-state index in [1.807, 2.05) is 12.1 Å². The van der Waals surface area contributed by atoms with Crippen LogP contribution in [-0.4, -0.2) is 20.0 Å². The van der Waals surface area contributed by atoms with Crippen LogP contribution >= 0.6 is 7.26 Å². The Hall–Kier alpha value is 0.0600. The highest BCUT2D eigenvalue weighted by Gasteiger charge is 2.24. The number of hydrogen-bond donors (Lipinski definition) is 0. The van der Waals surface area contributed by atoms with Crippen molar-refractivity contribution in [2.24, 2.45) is 0 Å². The molecule has 68 valence electrons. The summed E-state index contributed by atoms with van der Waals surface area (Å²) >= 11 is 0. The SMILES string of the molecule is C[P+](C)(C)c1ccccc1F.[Br-]. The molecule has 0 amide bonds. The van der Waals surface area contributed by atoms with Gasteiger partial charge in [-0.25, -0.2) is 4.39 Å². The molecule has 1 aromatic rings. The minimum atomic E-state index is -1.18. The molecule has 0 nitrogen and oxygen atoms in total. The van der Waals surface area contributed by atoms with Crippen molar-refractivity contribution in [3.63, 3.8) is 0 Å². The molecule has 0 saturated heterocycles. The second kappa shape index (κ2) is 4.34. The van der Waals surface area contributed by atoms with E-state index in [0.717, 1.165) is 5.30 Å². The molecule has 0 aliphatic carbocycles. The summed E-state index contributed by atoms with van der Waals surface area (Å²) in [7, 11) is -1.18. The molecule has 0 N–H and O–H groups in total. The molecule has 1 rings (SSSR count). The van der Waals surface area contributed by atoms with Crippen molar-refractivity contribution in [2.75, 3.05) is 20.0 Å². The van der Waals surface area contributed by atoms with Gasteiger partial charge in [-0.2, -0.15) is 0 Å². The van der Waals surface area contributed by atoms with E-state index in [9.17, 15) is 4.39 Å². The van der Waals surface area contributed by atoms with E-state index in [4.69, 9.17) is 0 Å². The molecule has 0 radical (unpaired) electrons. The van der Waals surface area contributed by atoms with Gasteiger partial charge < -0.3 is 17.0 Å². The van der Waals surface area contributed by atoms with Crippen LogP contribution in [-0.2, 0) is 0 Å². The van der Waals surface area contributed by atoms with Crippen LogP contribution in [0.2, 0.25) is 0 Å². The highest BCUT2D eigenvalue weighted by atomic mass is 79.9. The van der Waals surface area contributed by atoms with Gasteiger partial charge in [-0.3, -0.25) is 0 Å². The molecule has 3 heteroatoms. The third-order valence-electron chi connectivity index (χ3n) is 1.58. The van der Waals surface area contributed by atoms with E-state index in [2.05, 4.69) is 20.0 Å². The Morgan fingerprint density at radius 1 is 1.08 bits per heavy atom. The first-order valence-corrected chi connectivity index (χ1v) is 6.71. The summed E-state index contributed by atoms with van der Waals surface area (Å²) in [5.74, 6) is -0.0617. The second-order valence-corrected chi connectivity index (χ2v) is 7.97. The van der Waals surface area contributed by atoms with E-state index >= 15 is 0 Å². The van der Waals surface area contributed by atoms with Crippen molar-refractivity contribution in [3.8, 4) is 0 Å². The molecule has 0 fully saturated rings. The van der Waals surface area contributed by atoms with Crippen molar-refractivity contribution in [1.82, 2.24) is 0 Å². The Kier molecular flexibility index (Phi) is 4.36. The van der Waals surface area contributed by atoms with Gasteiger partial charge in [0.25, 0.3) is 0 Å². The Bertz CT molecular complexity index is 255. The number of halogens is 2. The van der Waals surface area contributed by atoms with Crippen LogP contribution in [0.4, 0.5) is 4.39 Å². The van der Waals surface area contributed by atoms with Gasteiger partial charge in [0.05, 0.1) is 20.0 Å². The summed E-state index contributed by atoms with van der Waals surface area (Å²) in [6, 6.07) is 7.03. The van der Waals surface area contributed by atoms with Crippen LogP contribution in [0.5, 0.6) is 0 Å². The normalized spacial score (nSPS) is 10.7. The van der Waals surface area contributed by atoms with E-state index in [0.29, 0.717) is 0 Å². The van der Waals surface area contributed by atoms with E-state index < -0.39 is 7.26 Å². The quantitative estimate of drug-likeness (QED) is 0.582. The average molecular weight is 251 g/mol. The zero-order valence-corrected chi connectivity index (χ0v) is 9.99. The van der Waals surface area contributed by atoms with Crippen LogP contribution in [0.3, 0.4) is 0 Å². The molecular weight excluding hydrogens is 238 g/mol. The molecule has 0 bridgehead atoms. The van der Waals surface area contributed by atoms with Crippen molar-refractivity contribution in [2.45, 2.75) is 0 Å². The number of rotatable bonds is 1. The van der Waals surface area contributed by atoms with Crippen molar-refractivity contribution < 1.29 is 21.4 Å². The fourth-order valence-electron chi connectivity index (χ4n) is 0.996. The summed E-state index contributed by atoms with van der Waals surface area (Å²) in [6.45, 7) is 6.35. The summed E-state index contributed by atoms with van der Waals surface area (Å²) in [4.78, 5) is 0. The van der Waals surface area contributed by atoms with Crippen LogP contribution in [0.1, 0.15) is 0 Å². The minimum Gasteiger partial charge on any atom is -1.00 e. The maximum Gasteiger partial charge on any atom is 0.165 e.